The first kappa shape index (κ1) is 12.4. The highest BCUT2D eigenvalue weighted by Gasteiger charge is 2.31. The Bertz CT molecular complexity index is 209. The Morgan fingerprint density at radius 1 is 1.12 bits per heavy atom. The van der Waals surface area contributed by atoms with Crippen LogP contribution in [-0.2, 0) is 0 Å². The van der Waals surface area contributed by atoms with Gasteiger partial charge >= 0.3 is 0 Å². The molecule has 2 nitrogen and oxygen atoms in total. The molecule has 0 aromatic rings. The normalized spacial score (nSPS) is 34.5. The molecule has 1 saturated heterocycles. The van der Waals surface area contributed by atoms with E-state index in [2.05, 4.69) is 31.0 Å². The fourth-order valence-corrected chi connectivity index (χ4v) is 3.31. The Labute approximate surface area is 101 Å². The summed E-state index contributed by atoms with van der Waals surface area (Å²) >= 11 is 0. The molecule has 1 saturated carbocycles. The van der Waals surface area contributed by atoms with E-state index in [4.69, 9.17) is 0 Å². The van der Waals surface area contributed by atoms with Gasteiger partial charge in [-0.05, 0) is 38.6 Å². The van der Waals surface area contributed by atoms with Gasteiger partial charge < -0.3 is 5.32 Å². The number of nitrogens with zero attached hydrogens (tertiary/aromatic N) is 1. The fraction of sp³-hybridized carbons (Fsp3) is 1.00. The zero-order valence-electron chi connectivity index (χ0n) is 11.2. The number of nitrogens with one attached hydrogen (secondary N) is 1. The topological polar surface area (TPSA) is 15.3 Å². The molecule has 16 heavy (non-hydrogen) atoms. The molecule has 0 amide bonds. The molecule has 0 radical (unpaired) electrons. The summed E-state index contributed by atoms with van der Waals surface area (Å²) in [7, 11) is 0. The van der Waals surface area contributed by atoms with E-state index in [1.54, 1.807) is 0 Å². The quantitative estimate of drug-likeness (QED) is 0.776. The van der Waals surface area contributed by atoms with Gasteiger partial charge in [-0.3, -0.25) is 4.90 Å². The van der Waals surface area contributed by atoms with E-state index in [9.17, 15) is 0 Å². The van der Waals surface area contributed by atoms with Crippen molar-refractivity contribution in [2.75, 3.05) is 13.1 Å². The van der Waals surface area contributed by atoms with Gasteiger partial charge in [0.05, 0.1) is 0 Å². The summed E-state index contributed by atoms with van der Waals surface area (Å²) in [6.07, 6.45) is 7.10. The van der Waals surface area contributed by atoms with Gasteiger partial charge in [-0.1, -0.05) is 26.7 Å². The van der Waals surface area contributed by atoms with E-state index in [0.717, 1.165) is 18.0 Å². The second kappa shape index (κ2) is 5.50. The van der Waals surface area contributed by atoms with E-state index >= 15 is 0 Å². The van der Waals surface area contributed by atoms with Crippen LogP contribution in [0.4, 0.5) is 0 Å². The third-order valence-corrected chi connectivity index (χ3v) is 4.54. The van der Waals surface area contributed by atoms with E-state index in [1.807, 2.05) is 0 Å². The fourth-order valence-electron chi connectivity index (χ4n) is 3.31. The molecular weight excluding hydrogens is 196 g/mol. The van der Waals surface area contributed by atoms with Crippen LogP contribution < -0.4 is 5.32 Å². The predicted molar refractivity (Wildman–Crippen MR) is 69.7 cm³/mol. The maximum absolute atomic E-state index is 3.72. The molecule has 0 bridgehead atoms. The summed E-state index contributed by atoms with van der Waals surface area (Å²) in [5.41, 5.74) is 0. The molecule has 2 rings (SSSR count). The summed E-state index contributed by atoms with van der Waals surface area (Å²) in [5, 5.41) is 3.72. The molecule has 2 aliphatic rings. The van der Waals surface area contributed by atoms with Gasteiger partial charge in [-0.2, -0.15) is 0 Å². The van der Waals surface area contributed by atoms with Crippen LogP contribution in [0.3, 0.4) is 0 Å². The minimum atomic E-state index is 0.700. The predicted octanol–water partition coefficient (Wildman–Crippen LogP) is 2.64. The van der Waals surface area contributed by atoms with Gasteiger partial charge in [0, 0.05) is 24.7 Å². The number of hydrogen-bond acceptors (Lipinski definition) is 2. The summed E-state index contributed by atoms with van der Waals surface area (Å²) in [6, 6.07) is 2.36. The van der Waals surface area contributed by atoms with Gasteiger partial charge in [0.2, 0.25) is 0 Å². The van der Waals surface area contributed by atoms with Crippen LogP contribution >= 0.6 is 0 Å². The second-order valence-electron chi connectivity index (χ2n) is 6.08. The maximum Gasteiger partial charge on any atom is 0.0218 e. The van der Waals surface area contributed by atoms with Crippen molar-refractivity contribution in [1.82, 2.24) is 10.2 Å². The standard InChI is InChI=1S/C14H28N2/c1-11(2)14-10-16(12(3)8-9-15-14)13-6-4-5-7-13/h11-15H,4-10H2,1-3H3. The van der Waals surface area contributed by atoms with Crippen molar-refractivity contribution >= 4 is 0 Å². The minimum Gasteiger partial charge on any atom is -0.312 e. The highest BCUT2D eigenvalue weighted by molar-refractivity contribution is 4.88. The van der Waals surface area contributed by atoms with Crippen molar-refractivity contribution in [2.24, 2.45) is 5.92 Å². The average Bonchev–Trinajstić information content (AvgIpc) is 2.69. The second-order valence-corrected chi connectivity index (χ2v) is 6.08. The summed E-state index contributed by atoms with van der Waals surface area (Å²) in [4.78, 5) is 2.80. The van der Waals surface area contributed by atoms with Gasteiger partial charge in [0.25, 0.3) is 0 Å². The molecule has 2 fully saturated rings. The summed E-state index contributed by atoms with van der Waals surface area (Å²) in [6.45, 7) is 9.58. The molecule has 0 aromatic heterocycles. The maximum atomic E-state index is 3.72. The Morgan fingerprint density at radius 2 is 1.81 bits per heavy atom. The Hall–Kier alpha value is -0.0800. The lowest BCUT2D eigenvalue weighted by Gasteiger charge is -2.35. The molecule has 1 heterocycles. The summed E-state index contributed by atoms with van der Waals surface area (Å²) in [5.74, 6) is 0.759. The lowest BCUT2D eigenvalue weighted by Crippen LogP contribution is -2.46. The molecule has 2 heteroatoms. The van der Waals surface area contributed by atoms with Gasteiger partial charge in [-0.15, -0.1) is 0 Å². The molecule has 1 aliphatic heterocycles. The third kappa shape index (κ3) is 2.78. The largest absolute Gasteiger partial charge is 0.312 e. The molecule has 2 atom stereocenters. The Kier molecular flexibility index (Phi) is 4.26. The minimum absolute atomic E-state index is 0.700. The molecule has 94 valence electrons. The molecule has 2 unspecified atom stereocenters. The Balaban J connectivity index is 2.00. The number of hydrogen-bond donors (Lipinski definition) is 1. The summed E-state index contributed by atoms with van der Waals surface area (Å²) < 4.78 is 0. The van der Waals surface area contributed by atoms with Crippen LogP contribution in [0.2, 0.25) is 0 Å². The van der Waals surface area contributed by atoms with Gasteiger partial charge in [0.1, 0.15) is 0 Å². The molecular formula is C14H28N2. The monoisotopic (exact) mass is 224 g/mol. The molecule has 1 aliphatic carbocycles. The van der Waals surface area contributed by atoms with Crippen LogP contribution in [0.1, 0.15) is 52.9 Å². The highest BCUT2D eigenvalue weighted by atomic mass is 15.2. The van der Waals surface area contributed by atoms with Crippen LogP contribution in [0.25, 0.3) is 0 Å². The van der Waals surface area contributed by atoms with Crippen LogP contribution in [0.15, 0.2) is 0 Å². The van der Waals surface area contributed by atoms with Crippen molar-refractivity contribution in [3.8, 4) is 0 Å². The van der Waals surface area contributed by atoms with E-state index in [0.29, 0.717) is 6.04 Å². The molecule has 1 N–H and O–H groups in total. The van der Waals surface area contributed by atoms with Gasteiger partial charge in [-0.25, -0.2) is 0 Å². The average molecular weight is 224 g/mol. The zero-order chi connectivity index (χ0) is 11.5. The van der Waals surface area contributed by atoms with Crippen molar-refractivity contribution < 1.29 is 0 Å². The highest BCUT2D eigenvalue weighted by Crippen LogP contribution is 2.27. The Morgan fingerprint density at radius 3 is 2.44 bits per heavy atom. The first-order chi connectivity index (χ1) is 7.68. The third-order valence-electron chi connectivity index (χ3n) is 4.54. The van der Waals surface area contributed by atoms with Crippen LogP contribution in [0, 0.1) is 5.92 Å². The van der Waals surface area contributed by atoms with Crippen molar-refractivity contribution in [1.29, 1.82) is 0 Å². The first-order valence-corrected chi connectivity index (χ1v) is 7.17. The number of rotatable bonds is 2. The van der Waals surface area contributed by atoms with Gasteiger partial charge in [0.15, 0.2) is 0 Å². The molecule has 0 spiro atoms. The van der Waals surface area contributed by atoms with Crippen LogP contribution in [0.5, 0.6) is 0 Å². The van der Waals surface area contributed by atoms with Crippen molar-refractivity contribution in [3.63, 3.8) is 0 Å². The lowest BCUT2D eigenvalue weighted by molar-refractivity contribution is 0.134. The van der Waals surface area contributed by atoms with E-state index < -0.39 is 0 Å². The van der Waals surface area contributed by atoms with Crippen LogP contribution in [-0.4, -0.2) is 36.1 Å². The molecule has 0 aromatic carbocycles. The SMILES string of the molecule is CC(C)C1CN(C2CCCC2)C(C)CCN1. The smallest absolute Gasteiger partial charge is 0.0218 e. The first-order valence-electron chi connectivity index (χ1n) is 7.17. The lowest BCUT2D eigenvalue weighted by atomic mass is 10.0. The zero-order valence-corrected chi connectivity index (χ0v) is 11.2. The van der Waals surface area contributed by atoms with E-state index in [-0.39, 0.29) is 0 Å². The van der Waals surface area contributed by atoms with Crippen molar-refractivity contribution in [2.45, 2.75) is 71.0 Å². The van der Waals surface area contributed by atoms with Crippen molar-refractivity contribution in [3.05, 3.63) is 0 Å². The van der Waals surface area contributed by atoms with E-state index in [1.165, 1.54) is 45.2 Å².